The number of carbonyl (C=O) groups excluding carboxylic acids is 1. The van der Waals surface area contributed by atoms with Crippen LogP contribution in [0, 0.1) is 20.8 Å². The Morgan fingerprint density at radius 1 is 1.12 bits per heavy atom. The molecule has 0 aliphatic heterocycles. The average molecular weight is 385 g/mol. The van der Waals surface area contributed by atoms with Crippen molar-refractivity contribution in [1.82, 2.24) is 15.0 Å². The molecule has 5 nitrogen and oxygen atoms in total. The van der Waals surface area contributed by atoms with Gasteiger partial charge in [0.25, 0.3) is 0 Å². The van der Waals surface area contributed by atoms with Gasteiger partial charge in [-0.15, -0.1) is 11.3 Å². The highest BCUT2D eigenvalue weighted by Crippen LogP contribution is 2.23. The Kier molecular flexibility index (Phi) is 6.00. The normalized spacial score (nSPS) is 10.7. The van der Waals surface area contributed by atoms with Crippen LogP contribution >= 0.6 is 23.1 Å². The summed E-state index contributed by atoms with van der Waals surface area (Å²) < 4.78 is 0. The highest BCUT2D eigenvalue weighted by atomic mass is 32.2. The SMILES string of the molecule is Cc1ccc(NC(=O)Cc2nc(CSc3cc(C)nc(C)n3)cs2)cc1. The molecule has 3 rings (SSSR count). The first-order chi connectivity index (χ1) is 12.5. The molecule has 0 bridgehead atoms. The van der Waals surface area contributed by atoms with Gasteiger partial charge in [0.05, 0.1) is 12.1 Å². The number of thioether (sulfide) groups is 1. The molecule has 134 valence electrons. The molecular weight excluding hydrogens is 364 g/mol. The summed E-state index contributed by atoms with van der Waals surface area (Å²) in [5.41, 5.74) is 3.90. The predicted octanol–water partition coefficient (Wildman–Crippen LogP) is 4.33. The van der Waals surface area contributed by atoms with E-state index in [-0.39, 0.29) is 12.3 Å². The fraction of sp³-hybridized carbons (Fsp3) is 0.263. The summed E-state index contributed by atoms with van der Waals surface area (Å²) in [6.07, 6.45) is 0.287. The van der Waals surface area contributed by atoms with Gasteiger partial charge >= 0.3 is 0 Å². The maximum atomic E-state index is 12.2. The van der Waals surface area contributed by atoms with Crippen LogP contribution in [0.5, 0.6) is 0 Å². The quantitative estimate of drug-likeness (QED) is 0.506. The summed E-state index contributed by atoms with van der Waals surface area (Å²) in [7, 11) is 0. The number of hydrogen-bond acceptors (Lipinski definition) is 6. The van der Waals surface area contributed by atoms with Crippen molar-refractivity contribution in [2.45, 2.75) is 38.0 Å². The molecule has 0 saturated heterocycles. The van der Waals surface area contributed by atoms with Gasteiger partial charge in [0.15, 0.2) is 0 Å². The summed E-state index contributed by atoms with van der Waals surface area (Å²) in [6.45, 7) is 5.88. The van der Waals surface area contributed by atoms with E-state index in [1.807, 2.05) is 56.5 Å². The zero-order valence-electron chi connectivity index (χ0n) is 14.9. The van der Waals surface area contributed by atoms with Crippen LogP contribution in [0.3, 0.4) is 0 Å². The third kappa shape index (κ3) is 5.37. The first kappa shape index (κ1) is 18.5. The molecule has 0 spiro atoms. The molecule has 0 aliphatic rings. The minimum absolute atomic E-state index is 0.0514. The number of nitrogens with zero attached hydrogens (tertiary/aromatic N) is 3. The van der Waals surface area contributed by atoms with Gasteiger partial charge in [-0.25, -0.2) is 15.0 Å². The Hall–Kier alpha value is -2.25. The largest absolute Gasteiger partial charge is 0.326 e. The molecule has 1 aromatic carbocycles. The monoisotopic (exact) mass is 384 g/mol. The highest BCUT2D eigenvalue weighted by Gasteiger charge is 2.09. The lowest BCUT2D eigenvalue weighted by Crippen LogP contribution is -2.14. The summed E-state index contributed by atoms with van der Waals surface area (Å²) in [6, 6.07) is 9.74. The minimum Gasteiger partial charge on any atom is -0.326 e. The van der Waals surface area contributed by atoms with Crippen molar-refractivity contribution in [3.05, 3.63) is 63.5 Å². The van der Waals surface area contributed by atoms with E-state index in [9.17, 15) is 4.79 Å². The van der Waals surface area contributed by atoms with Gasteiger partial charge in [0, 0.05) is 22.5 Å². The molecule has 2 aromatic heterocycles. The van der Waals surface area contributed by atoms with Gasteiger partial charge in [-0.1, -0.05) is 29.5 Å². The number of aryl methyl sites for hydroxylation is 3. The molecule has 0 saturated carbocycles. The van der Waals surface area contributed by atoms with E-state index in [1.54, 1.807) is 11.8 Å². The molecule has 0 fully saturated rings. The van der Waals surface area contributed by atoms with E-state index in [4.69, 9.17) is 0 Å². The summed E-state index contributed by atoms with van der Waals surface area (Å²) in [5, 5.41) is 6.67. The van der Waals surface area contributed by atoms with Crippen molar-refractivity contribution < 1.29 is 4.79 Å². The van der Waals surface area contributed by atoms with Crippen LogP contribution in [0.1, 0.15) is 27.8 Å². The first-order valence-corrected chi connectivity index (χ1v) is 10.1. The van der Waals surface area contributed by atoms with Crippen molar-refractivity contribution in [2.75, 3.05) is 5.32 Å². The number of amides is 1. The third-order valence-corrected chi connectivity index (χ3v) is 5.40. The van der Waals surface area contributed by atoms with Crippen LogP contribution in [0.15, 0.2) is 40.7 Å². The zero-order chi connectivity index (χ0) is 18.5. The van der Waals surface area contributed by atoms with Crippen molar-refractivity contribution in [3.8, 4) is 0 Å². The Morgan fingerprint density at radius 2 is 1.88 bits per heavy atom. The fourth-order valence-electron chi connectivity index (χ4n) is 2.38. The molecule has 0 atom stereocenters. The van der Waals surface area contributed by atoms with Crippen LogP contribution in [0.2, 0.25) is 0 Å². The standard InChI is InChI=1S/C19H20N4OS2/c1-12-4-6-15(7-5-12)22-17(24)9-19-23-16(11-26-19)10-25-18-8-13(2)20-14(3)21-18/h4-8,11H,9-10H2,1-3H3,(H,22,24). The minimum atomic E-state index is -0.0514. The molecule has 1 amide bonds. The topological polar surface area (TPSA) is 67.8 Å². The van der Waals surface area contributed by atoms with Crippen LogP contribution < -0.4 is 5.32 Å². The summed E-state index contributed by atoms with van der Waals surface area (Å²) in [4.78, 5) is 25.4. The molecule has 2 heterocycles. The van der Waals surface area contributed by atoms with Crippen LogP contribution in [0.25, 0.3) is 0 Å². The molecular formula is C19H20N4OS2. The highest BCUT2D eigenvalue weighted by molar-refractivity contribution is 7.98. The molecule has 1 N–H and O–H groups in total. The maximum absolute atomic E-state index is 12.2. The number of benzene rings is 1. The number of thiazole rings is 1. The van der Waals surface area contributed by atoms with Crippen LogP contribution in [-0.2, 0) is 17.0 Å². The van der Waals surface area contributed by atoms with Gasteiger partial charge < -0.3 is 5.32 Å². The van der Waals surface area contributed by atoms with Crippen molar-refractivity contribution >= 4 is 34.7 Å². The molecule has 0 aliphatic carbocycles. The number of rotatable bonds is 6. The van der Waals surface area contributed by atoms with E-state index < -0.39 is 0 Å². The van der Waals surface area contributed by atoms with E-state index in [0.717, 1.165) is 38.7 Å². The first-order valence-electron chi connectivity index (χ1n) is 8.23. The number of nitrogens with one attached hydrogen (secondary N) is 1. The van der Waals surface area contributed by atoms with Gasteiger partial charge in [0.2, 0.25) is 5.91 Å². The summed E-state index contributed by atoms with van der Waals surface area (Å²) >= 11 is 3.14. The van der Waals surface area contributed by atoms with Crippen molar-refractivity contribution in [2.24, 2.45) is 0 Å². The lowest BCUT2D eigenvalue weighted by Gasteiger charge is -2.04. The van der Waals surface area contributed by atoms with Crippen LogP contribution in [-0.4, -0.2) is 20.9 Å². The average Bonchev–Trinajstić information content (AvgIpc) is 3.01. The molecule has 3 aromatic rings. The Balaban J connectivity index is 1.54. The number of anilines is 1. The Labute approximate surface area is 161 Å². The zero-order valence-corrected chi connectivity index (χ0v) is 16.6. The summed E-state index contributed by atoms with van der Waals surface area (Å²) in [5.74, 6) is 1.45. The van der Waals surface area contributed by atoms with Gasteiger partial charge in [0.1, 0.15) is 15.9 Å². The molecule has 0 unspecified atom stereocenters. The maximum Gasteiger partial charge on any atom is 0.231 e. The number of aromatic nitrogens is 3. The second-order valence-corrected chi connectivity index (χ2v) is 7.95. The Morgan fingerprint density at radius 3 is 2.62 bits per heavy atom. The van der Waals surface area contributed by atoms with Crippen molar-refractivity contribution in [3.63, 3.8) is 0 Å². The lowest BCUT2D eigenvalue weighted by atomic mass is 10.2. The van der Waals surface area contributed by atoms with Crippen molar-refractivity contribution in [1.29, 1.82) is 0 Å². The Bertz CT molecular complexity index is 886. The second kappa shape index (κ2) is 8.42. The lowest BCUT2D eigenvalue weighted by molar-refractivity contribution is -0.115. The van der Waals surface area contributed by atoms with E-state index in [0.29, 0.717) is 0 Å². The number of carbonyl (C=O) groups is 1. The van der Waals surface area contributed by atoms with Gasteiger partial charge in [-0.05, 0) is 39.0 Å². The fourth-order valence-corrected chi connectivity index (χ4v) is 4.17. The molecule has 7 heteroatoms. The second-order valence-electron chi connectivity index (χ2n) is 6.01. The molecule has 26 heavy (non-hydrogen) atoms. The number of hydrogen-bond donors (Lipinski definition) is 1. The molecule has 0 radical (unpaired) electrons. The van der Waals surface area contributed by atoms with Gasteiger partial charge in [-0.3, -0.25) is 4.79 Å². The third-order valence-electron chi connectivity index (χ3n) is 3.56. The smallest absolute Gasteiger partial charge is 0.231 e. The van der Waals surface area contributed by atoms with E-state index in [1.165, 1.54) is 16.9 Å². The van der Waals surface area contributed by atoms with Gasteiger partial charge in [-0.2, -0.15) is 0 Å². The van der Waals surface area contributed by atoms with E-state index >= 15 is 0 Å². The van der Waals surface area contributed by atoms with E-state index in [2.05, 4.69) is 20.3 Å². The predicted molar refractivity (Wildman–Crippen MR) is 107 cm³/mol. The van der Waals surface area contributed by atoms with Crippen LogP contribution in [0.4, 0.5) is 5.69 Å².